The number of esters is 2. The number of phenolic OH excluding ortho intramolecular Hbond substituents is 6. The third-order valence-electron chi connectivity index (χ3n) is 15.1. The Morgan fingerprint density at radius 1 is 0.417 bits per heavy atom. The minimum Gasteiger partial charge on any atom is -0.508 e. The molecule has 24 heteroatoms. The minimum atomic E-state index is -1.99. The van der Waals surface area contributed by atoms with E-state index in [0.717, 1.165) is 24.3 Å². The quantitative estimate of drug-likeness (QED) is 0.0694. The number of fused-ring (bicyclic) bond motifs is 2. The Kier molecular flexibility index (Phi) is 15.4. The second kappa shape index (κ2) is 22.8. The van der Waals surface area contributed by atoms with Crippen LogP contribution in [0.15, 0.2) is 152 Å². The molecule has 6 aromatic carbocycles. The SMILES string of the molecule is O=C(OCC1OC(Oc2cc(O)c3c(=O)cc(-c4ccc(O)cc4)oc3c2)C(O)C(O)C1O)C1C(C(=O)OCC2OC(Oc3cc(O)c4c(=O)cc(-c5ccc(O)cc5)oc4c3)C(O)C(O)C2O)C(c2ccc(O)cc2)C1c1ccc(O)cc1. The van der Waals surface area contributed by atoms with Crippen LogP contribution in [0.2, 0.25) is 0 Å². The molecule has 1 aliphatic carbocycles. The molecular formula is C60H52O24. The van der Waals surface area contributed by atoms with Crippen LogP contribution in [0, 0.1) is 11.8 Å². The summed E-state index contributed by atoms with van der Waals surface area (Å²) in [5, 5.41) is 128. The van der Waals surface area contributed by atoms with Crippen molar-refractivity contribution in [3.8, 4) is 68.6 Å². The molecule has 2 saturated heterocycles. The summed E-state index contributed by atoms with van der Waals surface area (Å²) in [6.07, 6.45) is -18.7. The predicted molar refractivity (Wildman–Crippen MR) is 288 cm³/mol. The second-order valence-corrected chi connectivity index (χ2v) is 20.5. The molecular weight excluding hydrogens is 1100 g/mol. The first-order valence-electron chi connectivity index (χ1n) is 26.1. The minimum absolute atomic E-state index is 0.0443. The number of aliphatic hydroxyl groups is 6. The average molecular weight is 1160 g/mol. The van der Waals surface area contributed by atoms with E-state index in [1.165, 1.54) is 109 Å². The van der Waals surface area contributed by atoms with Gasteiger partial charge in [0.25, 0.3) is 0 Å². The van der Waals surface area contributed by atoms with Gasteiger partial charge in [-0.2, -0.15) is 0 Å². The molecule has 2 aliphatic heterocycles. The van der Waals surface area contributed by atoms with Gasteiger partial charge in [-0.15, -0.1) is 0 Å². The Balaban J connectivity index is 0.827. The van der Waals surface area contributed by atoms with Crippen LogP contribution in [0.4, 0.5) is 0 Å². The van der Waals surface area contributed by atoms with Crippen LogP contribution in [-0.2, 0) is 28.5 Å². The van der Waals surface area contributed by atoms with E-state index >= 15 is 0 Å². The molecule has 8 aromatic rings. The Hall–Kier alpha value is -9.24. The number of carbonyl (C=O) groups is 2. The number of carbonyl (C=O) groups excluding carboxylic acids is 2. The van der Waals surface area contributed by atoms with E-state index in [1.54, 1.807) is 0 Å². The molecule has 24 nitrogen and oxygen atoms in total. The zero-order valence-corrected chi connectivity index (χ0v) is 43.5. The van der Waals surface area contributed by atoms with Crippen LogP contribution in [0.3, 0.4) is 0 Å². The fourth-order valence-corrected chi connectivity index (χ4v) is 10.8. The Labute approximate surface area is 472 Å². The van der Waals surface area contributed by atoms with Gasteiger partial charge in [0.15, 0.2) is 10.9 Å². The van der Waals surface area contributed by atoms with Gasteiger partial charge >= 0.3 is 11.9 Å². The van der Waals surface area contributed by atoms with Crippen LogP contribution in [-0.4, -0.2) is 148 Å². The van der Waals surface area contributed by atoms with E-state index in [9.17, 15) is 80.5 Å². The predicted octanol–water partition coefficient (Wildman–Crippen LogP) is 3.44. The molecule has 2 aromatic heterocycles. The molecule has 0 spiro atoms. The number of ether oxygens (including phenoxy) is 6. The van der Waals surface area contributed by atoms with Crippen LogP contribution < -0.4 is 20.3 Å². The fourth-order valence-electron chi connectivity index (χ4n) is 10.8. The van der Waals surface area contributed by atoms with Crippen LogP contribution in [0.25, 0.3) is 44.6 Å². The Morgan fingerprint density at radius 2 is 0.750 bits per heavy atom. The number of phenols is 6. The summed E-state index contributed by atoms with van der Waals surface area (Å²) >= 11 is 0. The molecule has 12 N–H and O–H groups in total. The largest absolute Gasteiger partial charge is 0.508 e. The lowest BCUT2D eigenvalue weighted by molar-refractivity contribution is -0.279. The molecule has 4 heterocycles. The number of aliphatic hydroxyl groups excluding tert-OH is 6. The monoisotopic (exact) mass is 1160 g/mol. The summed E-state index contributed by atoms with van der Waals surface area (Å²) in [6, 6.07) is 29.5. The smallest absolute Gasteiger partial charge is 0.310 e. The first-order valence-corrected chi connectivity index (χ1v) is 26.1. The molecule has 0 bridgehead atoms. The van der Waals surface area contributed by atoms with Gasteiger partial charge in [0, 0.05) is 59.4 Å². The molecule has 0 radical (unpaired) electrons. The highest BCUT2D eigenvalue weighted by atomic mass is 16.7. The Bertz CT molecular complexity index is 3610. The van der Waals surface area contributed by atoms with Gasteiger partial charge in [0.05, 0.1) is 11.8 Å². The molecule has 14 unspecified atom stereocenters. The van der Waals surface area contributed by atoms with Crippen LogP contribution in [0.5, 0.6) is 46.0 Å². The summed E-state index contributed by atoms with van der Waals surface area (Å²) in [5.41, 5.74) is 0.0221. The molecule has 436 valence electrons. The molecule has 0 amide bonds. The standard InChI is InChI=1S/C60H52O24/c61-29-9-1-25(2-10-29)39-21-37(67)47-35(65)17-33(19-41(47)81-39)79-59-55(73)53(71)51(69)43(83-59)23-77-57(75)49-45(27-5-13-31(63)14-6-27)46(28-7-15-32(64)16-8-28)50(49)58(76)78-24-44-52(70)54(72)56(74)60(84-44)80-34-18-36(66)48-38(68)22-40(82-42(48)20-34)26-3-11-30(62)12-4-26/h1-22,43-46,49-56,59-66,69-74H,23-24H2. The van der Waals surface area contributed by atoms with E-state index in [1.807, 2.05) is 0 Å². The van der Waals surface area contributed by atoms with Gasteiger partial charge in [0.2, 0.25) is 12.6 Å². The van der Waals surface area contributed by atoms with Gasteiger partial charge in [-0.3, -0.25) is 19.2 Å². The lowest BCUT2D eigenvalue weighted by atomic mass is 9.52. The van der Waals surface area contributed by atoms with Gasteiger partial charge in [-0.05, 0) is 83.9 Å². The lowest BCUT2D eigenvalue weighted by Crippen LogP contribution is -2.61. The third-order valence-corrected chi connectivity index (χ3v) is 15.1. The maximum atomic E-state index is 14.6. The average Bonchev–Trinajstić information content (AvgIpc) is 0.850. The highest BCUT2D eigenvalue weighted by molar-refractivity contribution is 5.88. The maximum Gasteiger partial charge on any atom is 0.310 e. The van der Waals surface area contributed by atoms with E-state index in [2.05, 4.69) is 0 Å². The topological polar surface area (TPSA) is 393 Å². The zero-order valence-electron chi connectivity index (χ0n) is 43.5. The van der Waals surface area contributed by atoms with Gasteiger partial charge in [-0.1, -0.05) is 24.3 Å². The van der Waals surface area contributed by atoms with Crippen LogP contribution in [0.1, 0.15) is 23.0 Å². The number of aromatic hydroxyl groups is 6. The summed E-state index contributed by atoms with van der Waals surface area (Å²) in [5.74, 6) is -8.88. The Morgan fingerprint density at radius 3 is 1.10 bits per heavy atom. The van der Waals surface area contributed by atoms with Crippen molar-refractivity contribution < 1.29 is 108 Å². The first kappa shape index (κ1) is 56.6. The fraction of sp³-hybridized carbons (Fsp3) is 0.267. The van der Waals surface area contributed by atoms with Crippen molar-refractivity contribution in [1.82, 2.24) is 0 Å². The first-order chi connectivity index (χ1) is 40.2. The number of benzene rings is 6. The van der Waals surface area contributed by atoms with Crippen molar-refractivity contribution >= 4 is 33.9 Å². The van der Waals surface area contributed by atoms with Crippen LogP contribution >= 0.6 is 0 Å². The molecule has 1 saturated carbocycles. The molecule has 84 heavy (non-hydrogen) atoms. The summed E-state index contributed by atoms with van der Waals surface area (Å²) in [7, 11) is 0. The van der Waals surface area contributed by atoms with Gasteiger partial charge in [-0.25, -0.2) is 0 Å². The summed E-state index contributed by atoms with van der Waals surface area (Å²) < 4.78 is 46.7. The normalized spacial score (nSPS) is 26.7. The van der Waals surface area contributed by atoms with E-state index in [4.69, 9.17) is 37.3 Å². The van der Waals surface area contributed by atoms with Crippen molar-refractivity contribution in [3.05, 3.63) is 165 Å². The van der Waals surface area contributed by atoms with Gasteiger partial charge in [0.1, 0.15) is 142 Å². The summed E-state index contributed by atoms with van der Waals surface area (Å²) in [6.45, 7) is -1.68. The molecule has 11 rings (SSSR count). The molecule has 3 aliphatic rings. The number of hydrogen-bond acceptors (Lipinski definition) is 24. The second-order valence-electron chi connectivity index (χ2n) is 20.5. The van der Waals surface area contributed by atoms with Crippen molar-refractivity contribution in [2.24, 2.45) is 11.8 Å². The molecule has 3 fully saturated rings. The third kappa shape index (κ3) is 11.0. The summed E-state index contributed by atoms with van der Waals surface area (Å²) in [4.78, 5) is 55.5. The van der Waals surface area contributed by atoms with Crippen molar-refractivity contribution in [3.63, 3.8) is 0 Å². The number of rotatable bonds is 14. The van der Waals surface area contributed by atoms with E-state index < -0.39 is 133 Å². The van der Waals surface area contributed by atoms with Gasteiger partial charge < -0.3 is 98.5 Å². The van der Waals surface area contributed by atoms with Crippen molar-refractivity contribution in [1.29, 1.82) is 0 Å². The zero-order chi connectivity index (χ0) is 59.4. The highest BCUT2D eigenvalue weighted by Gasteiger charge is 2.60. The van der Waals surface area contributed by atoms with E-state index in [0.29, 0.717) is 22.3 Å². The maximum absolute atomic E-state index is 14.6. The highest BCUT2D eigenvalue weighted by Crippen LogP contribution is 2.59. The van der Waals surface area contributed by atoms with E-state index in [-0.39, 0.29) is 68.0 Å². The van der Waals surface area contributed by atoms with Crippen molar-refractivity contribution in [2.75, 3.05) is 13.2 Å². The lowest BCUT2D eigenvalue weighted by Gasteiger charge is -2.50. The van der Waals surface area contributed by atoms with Crippen molar-refractivity contribution in [2.45, 2.75) is 73.2 Å². The molecule has 14 atom stereocenters. The number of hydrogen-bond donors (Lipinski definition) is 12.